The fourth-order valence-corrected chi connectivity index (χ4v) is 4.61. The number of rotatable bonds is 5. The van der Waals surface area contributed by atoms with Gasteiger partial charge in [-0.2, -0.15) is 0 Å². The third kappa shape index (κ3) is 4.21. The van der Waals surface area contributed by atoms with Crippen LogP contribution in [0.1, 0.15) is 53.4 Å². The van der Waals surface area contributed by atoms with Crippen LogP contribution in [0.15, 0.2) is 36.0 Å². The van der Waals surface area contributed by atoms with Crippen LogP contribution in [0.5, 0.6) is 0 Å². The number of ether oxygens (including phenoxy) is 3. The first kappa shape index (κ1) is 23.9. The molecule has 2 aliphatic rings. The lowest BCUT2D eigenvalue weighted by atomic mass is 9.52. The number of carbonyl (C=O) groups excluding carboxylic acids is 3. The Hall–Kier alpha value is -2.41. The van der Waals surface area contributed by atoms with Crippen molar-refractivity contribution < 1.29 is 33.7 Å². The Morgan fingerprint density at radius 2 is 1.80 bits per heavy atom. The molecule has 0 heterocycles. The van der Waals surface area contributed by atoms with Crippen LogP contribution >= 0.6 is 0 Å². The molecule has 5 atom stereocenters. The maximum atomic E-state index is 12.3. The fraction of sp³-hybridized carbons (Fsp3) is 0.609. The zero-order chi connectivity index (χ0) is 22.9. The molecule has 0 spiro atoms. The average Bonchev–Trinajstić information content (AvgIpc) is 2.69. The second-order valence-corrected chi connectivity index (χ2v) is 8.53. The van der Waals surface area contributed by atoms with Crippen molar-refractivity contribution in [2.75, 3.05) is 7.11 Å². The molecule has 2 saturated carbocycles. The first-order chi connectivity index (χ1) is 13.9. The van der Waals surface area contributed by atoms with Gasteiger partial charge >= 0.3 is 17.9 Å². The molecule has 0 aromatic carbocycles. The molecule has 0 saturated heterocycles. The second-order valence-electron chi connectivity index (χ2n) is 8.53. The summed E-state index contributed by atoms with van der Waals surface area (Å²) in [6.45, 7) is 14.5. The van der Waals surface area contributed by atoms with Gasteiger partial charge in [-0.05, 0) is 45.1 Å². The van der Waals surface area contributed by atoms with E-state index >= 15 is 0 Å². The Morgan fingerprint density at radius 3 is 2.33 bits per heavy atom. The second kappa shape index (κ2) is 8.76. The zero-order valence-corrected chi connectivity index (χ0v) is 18.4. The number of fused-ring (bicyclic) bond motifs is 1. The predicted molar refractivity (Wildman–Crippen MR) is 110 cm³/mol. The van der Waals surface area contributed by atoms with E-state index < -0.39 is 47.0 Å². The Balaban J connectivity index is 2.38. The van der Waals surface area contributed by atoms with Crippen molar-refractivity contribution >= 4 is 17.9 Å². The normalized spacial score (nSPS) is 33.9. The van der Waals surface area contributed by atoms with Gasteiger partial charge in [0.15, 0.2) is 0 Å². The summed E-state index contributed by atoms with van der Waals surface area (Å²) in [4.78, 5) is 36.1. The van der Waals surface area contributed by atoms with Crippen molar-refractivity contribution in [3.05, 3.63) is 36.0 Å². The Kier molecular flexibility index (Phi) is 6.97. The summed E-state index contributed by atoms with van der Waals surface area (Å²) >= 11 is 0. The zero-order valence-electron chi connectivity index (χ0n) is 18.4. The van der Waals surface area contributed by atoms with Gasteiger partial charge in [-0.15, -0.1) is 0 Å². The highest BCUT2D eigenvalue weighted by molar-refractivity contribution is 5.89. The van der Waals surface area contributed by atoms with E-state index in [1.165, 1.54) is 14.0 Å². The molecular formula is C23H32O7. The third-order valence-corrected chi connectivity index (χ3v) is 6.71. The minimum atomic E-state index is -1.43. The Morgan fingerprint density at radius 1 is 1.17 bits per heavy atom. The molecule has 0 bridgehead atoms. The van der Waals surface area contributed by atoms with Crippen LogP contribution in [-0.4, -0.2) is 47.9 Å². The molecule has 0 amide bonds. The van der Waals surface area contributed by atoms with Gasteiger partial charge in [-0.3, -0.25) is 4.79 Å². The smallest absolute Gasteiger partial charge is 0.333 e. The van der Waals surface area contributed by atoms with Crippen LogP contribution in [0.4, 0.5) is 0 Å². The maximum Gasteiger partial charge on any atom is 0.333 e. The Labute approximate surface area is 177 Å². The largest absolute Gasteiger partial charge is 0.466 e. The molecule has 2 aliphatic carbocycles. The topological polar surface area (TPSA) is 99.1 Å². The van der Waals surface area contributed by atoms with Gasteiger partial charge in [0.2, 0.25) is 0 Å². The molecule has 166 valence electrons. The SMILES string of the molecule is C=C(C(=O)OC)C1CC2(O)C(=C)C(OC(=O)C(C)=CC)CCC2(C)CC1OC(C)=O. The predicted octanol–water partition coefficient (Wildman–Crippen LogP) is 3.02. The van der Waals surface area contributed by atoms with Crippen molar-refractivity contribution in [1.29, 1.82) is 0 Å². The molecule has 7 nitrogen and oxygen atoms in total. The van der Waals surface area contributed by atoms with Gasteiger partial charge < -0.3 is 19.3 Å². The van der Waals surface area contributed by atoms with Crippen molar-refractivity contribution in [2.45, 2.75) is 71.2 Å². The van der Waals surface area contributed by atoms with Gasteiger partial charge in [0.05, 0.1) is 12.7 Å². The molecule has 0 aliphatic heterocycles. The van der Waals surface area contributed by atoms with Crippen LogP contribution in [0.3, 0.4) is 0 Å². The lowest BCUT2D eigenvalue weighted by Gasteiger charge is -2.57. The van der Waals surface area contributed by atoms with Crippen LogP contribution in [0.2, 0.25) is 0 Å². The number of methoxy groups -OCH3 is 1. The first-order valence-corrected chi connectivity index (χ1v) is 10.1. The molecular weight excluding hydrogens is 388 g/mol. The molecule has 30 heavy (non-hydrogen) atoms. The monoisotopic (exact) mass is 420 g/mol. The third-order valence-electron chi connectivity index (χ3n) is 6.71. The molecule has 5 unspecified atom stereocenters. The summed E-state index contributed by atoms with van der Waals surface area (Å²) in [5, 5.41) is 11.8. The summed E-state index contributed by atoms with van der Waals surface area (Å²) in [5.74, 6) is -2.21. The lowest BCUT2D eigenvalue weighted by Crippen LogP contribution is -2.61. The highest BCUT2D eigenvalue weighted by Crippen LogP contribution is 2.58. The van der Waals surface area contributed by atoms with E-state index in [0.717, 1.165) is 0 Å². The van der Waals surface area contributed by atoms with E-state index in [2.05, 4.69) is 13.2 Å². The summed E-state index contributed by atoms with van der Waals surface area (Å²) < 4.78 is 15.9. The average molecular weight is 421 g/mol. The summed E-state index contributed by atoms with van der Waals surface area (Å²) in [7, 11) is 1.24. The molecule has 2 rings (SSSR count). The van der Waals surface area contributed by atoms with Crippen LogP contribution in [0, 0.1) is 11.3 Å². The number of carbonyl (C=O) groups is 3. The van der Waals surface area contributed by atoms with Crippen molar-refractivity contribution in [3.8, 4) is 0 Å². The minimum Gasteiger partial charge on any atom is -0.466 e. The Bertz CT molecular complexity index is 795. The van der Waals surface area contributed by atoms with E-state index in [1.807, 2.05) is 6.92 Å². The minimum absolute atomic E-state index is 0.0604. The quantitative estimate of drug-likeness (QED) is 0.316. The lowest BCUT2D eigenvalue weighted by molar-refractivity contribution is -0.183. The number of aliphatic hydroxyl groups is 1. The highest BCUT2D eigenvalue weighted by atomic mass is 16.6. The fourth-order valence-electron chi connectivity index (χ4n) is 4.61. The van der Waals surface area contributed by atoms with Crippen molar-refractivity contribution in [1.82, 2.24) is 0 Å². The molecule has 0 radical (unpaired) electrons. The van der Waals surface area contributed by atoms with E-state index in [1.54, 1.807) is 19.9 Å². The number of allylic oxidation sites excluding steroid dienone is 1. The summed E-state index contributed by atoms with van der Waals surface area (Å²) in [6.07, 6.45) is 1.79. The van der Waals surface area contributed by atoms with Gasteiger partial charge in [-0.1, -0.05) is 26.2 Å². The molecule has 0 aromatic rings. The molecule has 1 N–H and O–H groups in total. The van der Waals surface area contributed by atoms with Crippen LogP contribution in [-0.2, 0) is 28.6 Å². The molecule has 0 aromatic heterocycles. The van der Waals surface area contributed by atoms with E-state index in [0.29, 0.717) is 30.4 Å². The van der Waals surface area contributed by atoms with E-state index in [-0.39, 0.29) is 12.0 Å². The maximum absolute atomic E-state index is 12.3. The van der Waals surface area contributed by atoms with Gasteiger partial charge in [-0.25, -0.2) is 9.59 Å². The molecule has 2 fully saturated rings. The number of hydrogen-bond acceptors (Lipinski definition) is 7. The first-order valence-electron chi connectivity index (χ1n) is 10.1. The van der Waals surface area contributed by atoms with E-state index in [9.17, 15) is 19.5 Å². The van der Waals surface area contributed by atoms with Gasteiger partial charge in [0.1, 0.15) is 12.2 Å². The van der Waals surface area contributed by atoms with Gasteiger partial charge in [0.25, 0.3) is 0 Å². The van der Waals surface area contributed by atoms with Gasteiger partial charge in [0, 0.05) is 29.4 Å². The number of esters is 3. The standard InChI is InChI=1S/C23H32O7/c1-8-13(2)20(25)30-18-9-10-22(6)12-19(29-16(5)24)17(14(3)21(26)28-7)11-23(22,27)15(18)4/h8,17-19,27H,3-4,9-12H2,1-2,5-7H3. The van der Waals surface area contributed by atoms with E-state index in [4.69, 9.17) is 14.2 Å². The number of hydrogen-bond donors (Lipinski definition) is 1. The molecule has 7 heteroatoms. The van der Waals surface area contributed by atoms with Crippen LogP contribution in [0.25, 0.3) is 0 Å². The summed E-state index contributed by atoms with van der Waals surface area (Å²) in [6, 6.07) is 0. The van der Waals surface area contributed by atoms with Crippen molar-refractivity contribution in [2.24, 2.45) is 11.3 Å². The van der Waals surface area contributed by atoms with Crippen molar-refractivity contribution in [3.63, 3.8) is 0 Å². The van der Waals surface area contributed by atoms with Crippen LogP contribution < -0.4 is 0 Å². The summed E-state index contributed by atoms with van der Waals surface area (Å²) in [5.41, 5.74) is -1.12. The highest BCUT2D eigenvalue weighted by Gasteiger charge is 2.61.